The van der Waals surface area contributed by atoms with Gasteiger partial charge in [-0.15, -0.1) is 0 Å². The van der Waals surface area contributed by atoms with Crippen molar-refractivity contribution in [1.82, 2.24) is 0 Å². The van der Waals surface area contributed by atoms with Gasteiger partial charge in [-0.2, -0.15) is 0 Å². The fourth-order valence-corrected chi connectivity index (χ4v) is 10.9. The minimum atomic E-state index is -0.690. The topological polar surface area (TPSA) is 9.23 Å². The van der Waals surface area contributed by atoms with Crippen LogP contribution >= 0.6 is 0 Å². The van der Waals surface area contributed by atoms with Crippen molar-refractivity contribution >= 4 is 43.1 Å². The summed E-state index contributed by atoms with van der Waals surface area (Å²) in [5.74, 6) is 1.86. The number of ether oxygens (including phenoxy) is 1. The molecule has 0 saturated heterocycles. The van der Waals surface area contributed by atoms with Crippen LogP contribution in [0, 0.1) is 0 Å². The number of fused-ring (bicyclic) bond motifs is 16. The molecule has 0 bridgehead atoms. The van der Waals surface area contributed by atoms with Crippen LogP contribution in [-0.2, 0) is 16.2 Å². The number of rotatable bonds is 2. The maximum atomic E-state index is 7.26. The summed E-state index contributed by atoms with van der Waals surface area (Å²) in [5, 5.41) is 10.1. The number of benzene rings is 10. The molecule has 0 aromatic heterocycles. The van der Waals surface area contributed by atoms with Gasteiger partial charge in [0.05, 0.1) is 5.41 Å². The molecule has 0 atom stereocenters. The monoisotopic (exact) mass is 796 g/mol. The molecule has 0 saturated carbocycles. The van der Waals surface area contributed by atoms with Crippen LogP contribution < -0.4 is 4.74 Å². The maximum Gasteiger partial charge on any atom is 0.132 e. The first-order chi connectivity index (χ1) is 30.0. The Morgan fingerprint density at radius 3 is 1.44 bits per heavy atom. The normalized spacial score (nSPS) is 13.9. The molecule has 1 spiro atoms. The summed E-state index contributed by atoms with van der Waals surface area (Å²) < 4.78 is 7.26. The Labute approximate surface area is 364 Å². The van der Waals surface area contributed by atoms with E-state index in [-0.39, 0.29) is 10.8 Å². The summed E-state index contributed by atoms with van der Waals surface area (Å²) in [6.07, 6.45) is 0. The molecular weight excluding hydrogens is 749 g/mol. The first kappa shape index (κ1) is 36.9. The van der Waals surface area contributed by atoms with Gasteiger partial charge in [0, 0.05) is 11.1 Å². The van der Waals surface area contributed by atoms with Crippen molar-refractivity contribution in [3.8, 4) is 44.9 Å². The Morgan fingerprint density at radius 1 is 0.355 bits per heavy atom. The highest BCUT2D eigenvalue weighted by Gasteiger charge is 2.53. The van der Waals surface area contributed by atoms with Crippen molar-refractivity contribution in [1.29, 1.82) is 0 Å². The molecule has 1 aliphatic heterocycles. The third-order valence-corrected chi connectivity index (χ3v) is 14.0. The molecule has 2 aliphatic rings. The van der Waals surface area contributed by atoms with Crippen LogP contribution in [0.2, 0.25) is 0 Å². The first-order valence-corrected chi connectivity index (χ1v) is 22.1. The van der Waals surface area contributed by atoms with E-state index in [1.165, 1.54) is 110 Å². The van der Waals surface area contributed by atoms with E-state index < -0.39 is 5.41 Å². The molecule has 1 heteroatoms. The summed E-state index contributed by atoms with van der Waals surface area (Å²) in [4.78, 5) is 0. The zero-order valence-electron chi connectivity index (χ0n) is 36.2. The molecule has 0 amide bonds. The second-order valence-electron chi connectivity index (χ2n) is 19.6. The van der Waals surface area contributed by atoms with Crippen molar-refractivity contribution in [2.75, 3.05) is 0 Å². The molecular formula is C61H48O. The number of hydrogen-bond acceptors (Lipinski definition) is 1. The van der Waals surface area contributed by atoms with Crippen molar-refractivity contribution in [3.63, 3.8) is 0 Å². The molecule has 62 heavy (non-hydrogen) atoms. The van der Waals surface area contributed by atoms with E-state index in [4.69, 9.17) is 4.74 Å². The SMILES string of the molecule is CC(C)(C)c1ccc2c(c1)Oc1cc(C(C)(C)C)ccc1C21c2cc(-c3cccc4ccccc34)ccc2-c2c1c1ccc(-c3cccc4ccccc34)cc1c1ccccc21. The lowest BCUT2D eigenvalue weighted by atomic mass is 9.64. The Morgan fingerprint density at radius 2 is 0.855 bits per heavy atom. The van der Waals surface area contributed by atoms with Crippen LogP contribution in [0.15, 0.2) is 182 Å². The van der Waals surface area contributed by atoms with Crippen molar-refractivity contribution in [2.24, 2.45) is 0 Å². The van der Waals surface area contributed by atoms with Gasteiger partial charge in [-0.3, -0.25) is 0 Å². The molecule has 1 heterocycles. The van der Waals surface area contributed by atoms with E-state index in [2.05, 4.69) is 224 Å². The molecule has 0 radical (unpaired) electrons. The van der Waals surface area contributed by atoms with Crippen LogP contribution in [-0.4, -0.2) is 0 Å². The smallest absolute Gasteiger partial charge is 0.132 e. The summed E-state index contributed by atoms with van der Waals surface area (Å²) in [5.41, 5.74) is 14.2. The van der Waals surface area contributed by atoms with E-state index in [9.17, 15) is 0 Å². The molecule has 10 aromatic rings. The second kappa shape index (κ2) is 13.0. The van der Waals surface area contributed by atoms with E-state index in [1.807, 2.05) is 0 Å². The minimum Gasteiger partial charge on any atom is -0.457 e. The lowest BCUT2D eigenvalue weighted by molar-refractivity contribution is 0.431. The minimum absolute atomic E-state index is 0.0625. The highest BCUT2D eigenvalue weighted by atomic mass is 16.5. The molecule has 0 fully saturated rings. The Kier molecular flexibility index (Phi) is 7.74. The molecule has 0 N–H and O–H groups in total. The molecule has 1 aliphatic carbocycles. The van der Waals surface area contributed by atoms with E-state index >= 15 is 0 Å². The highest BCUT2D eigenvalue weighted by molar-refractivity contribution is 6.20. The standard InChI is InChI=1S/C61H48O/c1-59(2,3)41-27-31-52-55(35-41)62-56-36-42(60(4,5)6)28-32-53(56)61(52)54-34-40(46-24-14-18-38-16-8-10-20-44(38)46)26-30-50(54)57-48-22-12-11-21-47(48)51-33-39(25-29-49(51)58(57)61)45-23-13-17-37-15-7-9-19-43(37)45/h7-36H,1-6H3. The van der Waals surface area contributed by atoms with Gasteiger partial charge in [0.2, 0.25) is 0 Å². The lowest BCUT2D eigenvalue weighted by Gasteiger charge is -2.41. The molecule has 12 rings (SSSR count). The van der Waals surface area contributed by atoms with Gasteiger partial charge in [0.25, 0.3) is 0 Å². The fraction of sp³-hybridized carbons (Fsp3) is 0.148. The lowest BCUT2D eigenvalue weighted by Crippen LogP contribution is -2.33. The quantitative estimate of drug-likeness (QED) is 0.158. The van der Waals surface area contributed by atoms with Crippen LogP contribution in [0.4, 0.5) is 0 Å². The van der Waals surface area contributed by atoms with Crippen molar-refractivity contribution in [2.45, 2.75) is 57.8 Å². The summed E-state index contributed by atoms with van der Waals surface area (Å²) in [7, 11) is 0. The van der Waals surface area contributed by atoms with Gasteiger partial charge >= 0.3 is 0 Å². The summed E-state index contributed by atoms with van der Waals surface area (Å²) in [6.45, 7) is 13.8. The van der Waals surface area contributed by atoms with Crippen LogP contribution in [0.1, 0.15) is 74.9 Å². The fourth-order valence-electron chi connectivity index (χ4n) is 10.9. The van der Waals surface area contributed by atoms with E-state index in [0.29, 0.717) is 0 Å². The zero-order valence-corrected chi connectivity index (χ0v) is 36.2. The van der Waals surface area contributed by atoms with Gasteiger partial charge < -0.3 is 4.74 Å². The first-order valence-electron chi connectivity index (χ1n) is 22.1. The Hall–Kier alpha value is -6.96. The summed E-state index contributed by atoms with van der Waals surface area (Å²) >= 11 is 0. The van der Waals surface area contributed by atoms with Gasteiger partial charge in [0.15, 0.2) is 0 Å². The van der Waals surface area contributed by atoms with Gasteiger partial charge in [0.1, 0.15) is 11.5 Å². The zero-order chi connectivity index (χ0) is 42.1. The predicted octanol–water partition coefficient (Wildman–Crippen LogP) is 16.7. The average Bonchev–Trinajstić information content (AvgIpc) is 3.58. The maximum absolute atomic E-state index is 7.26. The van der Waals surface area contributed by atoms with Crippen molar-refractivity contribution in [3.05, 3.63) is 215 Å². The molecule has 298 valence electrons. The highest BCUT2D eigenvalue weighted by Crippen LogP contribution is 2.66. The van der Waals surface area contributed by atoms with Crippen LogP contribution in [0.3, 0.4) is 0 Å². The van der Waals surface area contributed by atoms with Gasteiger partial charge in [-0.1, -0.05) is 199 Å². The van der Waals surface area contributed by atoms with Crippen molar-refractivity contribution < 1.29 is 4.74 Å². The molecule has 1 nitrogen and oxygen atoms in total. The molecule has 0 unspecified atom stereocenters. The number of hydrogen-bond donors (Lipinski definition) is 0. The van der Waals surface area contributed by atoms with E-state index in [1.54, 1.807) is 0 Å². The van der Waals surface area contributed by atoms with Gasteiger partial charge in [-0.25, -0.2) is 0 Å². The van der Waals surface area contributed by atoms with Crippen LogP contribution in [0.25, 0.3) is 76.5 Å². The third-order valence-electron chi connectivity index (χ3n) is 14.0. The van der Waals surface area contributed by atoms with Gasteiger partial charge in [-0.05, 0) is 134 Å². The molecule has 10 aromatic carbocycles. The summed E-state index contributed by atoms with van der Waals surface area (Å²) in [6, 6.07) is 68.7. The third kappa shape index (κ3) is 5.21. The average molecular weight is 797 g/mol. The Balaban J connectivity index is 1.26. The Bertz CT molecular complexity index is 3440. The predicted molar refractivity (Wildman–Crippen MR) is 262 cm³/mol. The van der Waals surface area contributed by atoms with E-state index in [0.717, 1.165) is 11.5 Å². The second-order valence-corrected chi connectivity index (χ2v) is 19.6. The van der Waals surface area contributed by atoms with Crippen LogP contribution in [0.5, 0.6) is 11.5 Å². The largest absolute Gasteiger partial charge is 0.457 e.